The number of aliphatic hydroxyl groups excluding tert-OH is 2. The van der Waals surface area contributed by atoms with Gasteiger partial charge in [0, 0.05) is 38.4 Å². The molecule has 1 amide bonds. The Kier molecular flexibility index (Phi) is 3.17. The second-order valence-electron chi connectivity index (χ2n) is 5.08. The number of carbonyl (C=O) groups is 1. The highest BCUT2D eigenvalue weighted by molar-refractivity contribution is 6.45. The first-order valence-electron chi connectivity index (χ1n) is 6.29. The predicted octanol–water partition coefficient (Wildman–Crippen LogP) is -1.86. The first kappa shape index (κ1) is 12.5. The van der Waals surface area contributed by atoms with E-state index in [1.807, 2.05) is 0 Å². The molecule has 3 N–H and O–H groups in total. The molecule has 3 aliphatic rings. The minimum atomic E-state index is -0.495. The van der Waals surface area contributed by atoms with Gasteiger partial charge in [0.05, 0.1) is 12.4 Å². The molecule has 0 radical (unpaired) electrons. The predicted molar refractivity (Wildman–Crippen MR) is 69.0 cm³/mol. The Hall–Kier alpha value is -1.57. The summed E-state index contributed by atoms with van der Waals surface area (Å²) in [6.07, 6.45) is 2.59. The van der Waals surface area contributed by atoms with E-state index >= 15 is 0 Å². The van der Waals surface area contributed by atoms with Gasteiger partial charge >= 0.3 is 0 Å². The standard InChI is InChI=1S/C12H16N4O3/c17-5-8-3-16(4-9(8)18)2-7-1-13-11-10(7)14-6-15-12(11)19/h1,6,8-10,17-18H,2-5H2,(H,14,15,19)/t8-,9+,10?/m1/s1. The Labute approximate surface area is 110 Å². The number of amides is 1. The SMILES string of the molecule is O=C1NC=NC2C(CN3C[C@H](CO)[C@@H](O)C3)=CN=C12. The van der Waals surface area contributed by atoms with Crippen molar-refractivity contribution in [2.45, 2.75) is 12.1 Å². The highest BCUT2D eigenvalue weighted by atomic mass is 16.3. The van der Waals surface area contributed by atoms with Crippen molar-refractivity contribution >= 4 is 18.0 Å². The summed E-state index contributed by atoms with van der Waals surface area (Å²) in [5.41, 5.74) is 1.38. The first-order chi connectivity index (χ1) is 9.19. The van der Waals surface area contributed by atoms with Crippen LogP contribution in [0.15, 0.2) is 21.8 Å². The Morgan fingerprint density at radius 2 is 2.32 bits per heavy atom. The Balaban J connectivity index is 1.65. The number of likely N-dealkylation sites (tertiary alicyclic amines) is 1. The maximum atomic E-state index is 11.6. The van der Waals surface area contributed by atoms with Crippen molar-refractivity contribution in [2.24, 2.45) is 15.9 Å². The van der Waals surface area contributed by atoms with Gasteiger partial charge in [-0.25, -0.2) is 0 Å². The quantitative estimate of drug-likeness (QED) is 0.556. The number of β-amino-alcohol motifs (C(OH)–C–C–N with tert-alkyl or cyclic N) is 1. The number of fused-ring (bicyclic) bond motifs is 1. The van der Waals surface area contributed by atoms with E-state index in [4.69, 9.17) is 5.11 Å². The summed E-state index contributed by atoms with van der Waals surface area (Å²) in [7, 11) is 0. The van der Waals surface area contributed by atoms with Crippen LogP contribution in [0.1, 0.15) is 0 Å². The van der Waals surface area contributed by atoms with Crippen LogP contribution in [0.3, 0.4) is 0 Å². The van der Waals surface area contributed by atoms with Crippen LogP contribution in [0.4, 0.5) is 0 Å². The normalized spacial score (nSPS) is 34.0. The highest BCUT2D eigenvalue weighted by Gasteiger charge is 2.35. The molecular weight excluding hydrogens is 248 g/mol. The summed E-state index contributed by atoms with van der Waals surface area (Å²) in [4.78, 5) is 21.9. The van der Waals surface area contributed by atoms with Crippen molar-refractivity contribution in [2.75, 3.05) is 26.2 Å². The van der Waals surface area contributed by atoms with Gasteiger partial charge in [-0.15, -0.1) is 0 Å². The maximum absolute atomic E-state index is 11.6. The van der Waals surface area contributed by atoms with Gasteiger partial charge in [-0.1, -0.05) is 0 Å². The number of carbonyl (C=O) groups excluding carboxylic acids is 1. The van der Waals surface area contributed by atoms with E-state index in [2.05, 4.69) is 20.2 Å². The molecule has 0 aliphatic carbocycles. The fourth-order valence-electron chi connectivity index (χ4n) is 2.70. The molecule has 0 aromatic heterocycles. The van der Waals surface area contributed by atoms with E-state index in [1.165, 1.54) is 6.34 Å². The summed E-state index contributed by atoms with van der Waals surface area (Å²) in [5.74, 6) is -0.304. The molecule has 1 fully saturated rings. The zero-order chi connectivity index (χ0) is 13.4. The molecule has 3 rings (SSSR count). The zero-order valence-electron chi connectivity index (χ0n) is 10.4. The first-order valence-corrected chi connectivity index (χ1v) is 6.29. The van der Waals surface area contributed by atoms with Crippen molar-refractivity contribution in [1.82, 2.24) is 10.2 Å². The molecule has 3 atom stereocenters. The Morgan fingerprint density at radius 1 is 1.47 bits per heavy atom. The number of nitrogens with zero attached hydrogens (tertiary/aromatic N) is 3. The summed E-state index contributed by atoms with van der Waals surface area (Å²) < 4.78 is 0. The van der Waals surface area contributed by atoms with Crippen LogP contribution in [0.2, 0.25) is 0 Å². The molecule has 1 saturated heterocycles. The van der Waals surface area contributed by atoms with Gasteiger partial charge in [0.2, 0.25) is 0 Å². The van der Waals surface area contributed by atoms with Crippen LogP contribution in [0.5, 0.6) is 0 Å². The van der Waals surface area contributed by atoms with Gasteiger partial charge in [-0.05, 0) is 5.57 Å². The molecule has 0 spiro atoms. The van der Waals surface area contributed by atoms with Crippen LogP contribution >= 0.6 is 0 Å². The Bertz CT molecular complexity index is 485. The lowest BCUT2D eigenvalue weighted by Crippen LogP contribution is -2.42. The van der Waals surface area contributed by atoms with Gasteiger partial charge in [-0.2, -0.15) is 0 Å². The minimum absolute atomic E-state index is 0.0115. The lowest BCUT2D eigenvalue weighted by Gasteiger charge is -2.21. The molecule has 0 bridgehead atoms. The average Bonchev–Trinajstić information content (AvgIpc) is 2.95. The summed E-state index contributed by atoms with van der Waals surface area (Å²) >= 11 is 0. The Morgan fingerprint density at radius 3 is 3.05 bits per heavy atom. The number of hydrogen-bond donors (Lipinski definition) is 3. The van der Waals surface area contributed by atoms with E-state index < -0.39 is 6.10 Å². The topological polar surface area (TPSA) is 97.5 Å². The summed E-state index contributed by atoms with van der Waals surface area (Å²) in [6, 6.07) is -0.293. The van der Waals surface area contributed by atoms with E-state index in [-0.39, 0.29) is 24.5 Å². The van der Waals surface area contributed by atoms with Crippen molar-refractivity contribution in [3.05, 3.63) is 11.8 Å². The molecule has 3 heterocycles. The minimum Gasteiger partial charge on any atom is -0.396 e. The smallest absolute Gasteiger partial charge is 0.273 e. The van der Waals surface area contributed by atoms with Crippen LogP contribution in [-0.2, 0) is 4.79 Å². The summed E-state index contributed by atoms with van der Waals surface area (Å²) in [5, 5.41) is 21.4. The zero-order valence-corrected chi connectivity index (χ0v) is 10.4. The molecule has 7 heteroatoms. The van der Waals surface area contributed by atoms with Gasteiger partial charge in [0.1, 0.15) is 11.8 Å². The lowest BCUT2D eigenvalue weighted by atomic mass is 10.0. The number of rotatable bonds is 3. The van der Waals surface area contributed by atoms with E-state index in [9.17, 15) is 9.90 Å². The van der Waals surface area contributed by atoms with Gasteiger partial charge in [0.15, 0.2) is 0 Å². The number of aliphatic imine (C=N–C) groups is 2. The van der Waals surface area contributed by atoms with Crippen molar-refractivity contribution < 1.29 is 15.0 Å². The number of aliphatic hydroxyl groups is 2. The fourth-order valence-corrected chi connectivity index (χ4v) is 2.70. The van der Waals surface area contributed by atoms with Crippen LogP contribution in [-0.4, -0.2) is 71.5 Å². The molecule has 1 unspecified atom stereocenters. The van der Waals surface area contributed by atoms with Crippen molar-refractivity contribution in [3.63, 3.8) is 0 Å². The second-order valence-corrected chi connectivity index (χ2v) is 5.08. The molecule has 7 nitrogen and oxygen atoms in total. The van der Waals surface area contributed by atoms with Crippen molar-refractivity contribution in [3.8, 4) is 0 Å². The molecule has 0 aromatic carbocycles. The third-order valence-electron chi connectivity index (χ3n) is 3.75. The number of hydrogen-bond acceptors (Lipinski definition) is 6. The molecule has 0 saturated carbocycles. The van der Waals surface area contributed by atoms with Gasteiger partial charge < -0.3 is 15.5 Å². The molecule has 102 valence electrons. The average molecular weight is 264 g/mol. The highest BCUT2D eigenvalue weighted by Crippen LogP contribution is 2.23. The number of nitrogens with one attached hydrogen (secondary N) is 1. The fraction of sp³-hybridized carbons (Fsp3) is 0.583. The van der Waals surface area contributed by atoms with Crippen LogP contribution in [0.25, 0.3) is 0 Å². The van der Waals surface area contributed by atoms with Gasteiger partial charge in [-0.3, -0.25) is 19.7 Å². The molecule has 19 heavy (non-hydrogen) atoms. The third kappa shape index (κ3) is 2.20. The third-order valence-corrected chi connectivity index (χ3v) is 3.75. The molecule has 3 aliphatic heterocycles. The van der Waals surface area contributed by atoms with Crippen LogP contribution < -0.4 is 5.32 Å². The second kappa shape index (κ2) is 4.84. The van der Waals surface area contributed by atoms with Crippen molar-refractivity contribution in [1.29, 1.82) is 0 Å². The summed E-state index contributed by atoms with van der Waals surface area (Å²) in [6.45, 7) is 1.77. The maximum Gasteiger partial charge on any atom is 0.273 e. The largest absolute Gasteiger partial charge is 0.396 e. The van der Waals surface area contributed by atoms with Gasteiger partial charge in [0.25, 0.3) is 5.91 Å². The molecular formula is C12H16N4O3. The molecule has 0 aromatic rings. The van der Waals surface area contributed by atoms with Crippen LogP contribution in [0, 0.1) is 5.92 Å². The lowest BCUT2D eigenvalue weighted by molar-refractivity contribution is -0.113. The van der Waals surface area contributed by atoms with E-state index in [0.717, 1.165) is 5.57 Å². The monoisotopic (exact) mass is 264 g/mol. The van der Waals surface area contributed by atoms with E-state index in [1.54, 1.807) is 6.20 Å². The van der Waals surface area contributed by atoms with E-state index in [0.29, 0.717) is 25.3 Å².